The van der Waals surface area contributed by atoms with E-state index in [1.54, 1.807) is 20.1 Å². The lowest BCUT2D eigenvalue weighted by atomic mass is 10.2. The van der Waals surface area contributed by atoms with Gasteiger partial charge in [0.25, 0.3) is 5.56 Å². The number of aromatic nitrogens is 4. The summed E-state index contributed by atoms with van der Waals surface area (Å²) in [6.45, 7) is 5.68. The van der Waals surface area contributed by atoms with E-state index in [0.29, 0.717) is 20.7 Å². The van der Waals surface area contributed by atoms with Crippen LogP contribution in [0.2, 0.25) is 0 Å². The van der Waals surface area contributed by atoms with Crippen molar-refractivity contribution in [3.8, 4) is 0 Å². The van der Waals surface area contributed by atoms with Crippen LogP contribution in [0.1, 0.15) is 33.5 Å². The average molecular weight is 409 g/mol. The molecule has 4 rings (SSSR count). The van der Waals surface area contributed by atoms with Crippen LogP contribution in [0.15, 0.2) is 34.4 Å². The molecule has 0 saturated carbocycles. The second kappa shape index (κ2) is 7.25. The van der Waals surface area contributed by atoms with E-state index in [1.807, 2.05) is 36.7 Å². The normalized spacial score (nSPS) is 11.7. The van der Waals surface area contributed by atoms with Gasteiger partial charge in [0.2, 0.25) is 0 Å². The summed E-state index contributed by atoms with van der Waals surface area (Å²) in [5, 5.41) is 4.65. The summed E-state index contributed by atoms with van der Waals surface area (Å²) in [6, 6.07) is 5.80. The Bertz CT molecular complexity index is 1350. The van der Waals surface area contributed by atoms with Crippen molar-refractivity contribution in [1.29, 1.82) is 0 Å². The van der Waals surface area contributed by atoms with E-state index < -0.39 is 5.97 Å². The molecule has 0 bridgehead atoms. The molecule has 0 saturated heterocycles. The molecule has 148 valence electrons. The van der Waals surface area contributed by atoms with E-state index >= 15 is 0 Å². The number of hydrogen-bond donors (Lipinski definition) is 0. The highest BCUT2D eigenvalue weighted by Gasteiger charge is 2.20. The minimum absolute atomic E-state index is 0.272. The van der Waals surface area contributed by atoms with Crippen LogP contribution in [0.4, 0.5) is 0 Å². The summed E-state index contributed by atoms with van der Waals surface area (Å²) in [6.07, 6.45) is 2.95. The first kappa shape index (κ1) is 19.0. The SMILES string of the molecule is CCOC(=O)c1sc2ncn(/N=C\c3ccc4c(c3)nc(C)n4C)c(=O)c2c1C. The van der Waals surface area contributed by atoms with Crippen LogP contribution in [-0.4, -0.2) is 38.0 Å². The molecule has 0 aliphatic rings. The molecular formula is C20H19N5O3S. The van der Waals surface area contributed by atoms with E-state index in [-0.39, 0.29) is 12.2 Å². The van der Waals surface area contributed by atoms with Crippen LogP contribution in [-0.2, 0) is 11.8 Å². The molecule has 0 fully saturated rings. The van der Waals surface area contributed by atoms with Gasteiger partial charge in [0.1, 0.15) is 21.9 Å². The van der Waals surface area contributed by atoms with Crippen LogP contribution >= 0.6 is 11.3 Å². The number of nitrogens with zero attached hydrogens (tertiary/aromatic N) is 5. The van der Waals surface area contributed by atoms with Crippen molar-refractivity contribution in [2.24, 2.45) is 12.1 Å². The smallest absolute Gasteiger partial charge is 0.348 e. The van der Waals surface area contributed by atoms with Crippen molar-refractivity contribution < 1.29 is 9.53 Å². The Kier molecular flexibility index (Phi) is 4.75. The molecular weight excluding hydrogens is 390 g/mol. The number of rotatable bonds is 4. The molecule has 0 spiro atoms. The van der Waals surface area contributed by atoms with E-state index in [1.165, 1.54) is 11.0 Å². The number of ether oxygens (including phenoxy) is 1. The number of aryl methyl sites for hydroxylation is 3. The largest absolute Gasteiger partial charge is 0.462 e. The summed E-state index contributed by atoms with van der Waals surface area (Å²) in [5.41, 5.74) is 2.95. The van der Waals surface area contributed by atoms with Gasteiger partial charge >= 0.3 is 5.97 Å². The Morgan fingerprint density at radius 2 is 2.14 bits per heavy atom. The van der Waals surface area contributed by atoms with Crippen LogP contribution < -0.4 is 5.56 Å². The van der Waals surface area contributed by atoms with E-state index in [9.17, 15) is 9.59 Å². The Morgan fingerprint density at radius 1 is 1.34 bits per heavy atom. The third-order valence-corrected chi connectivity index (χ3v) is 5.93. The molecule has 0 N–H and O–H groups in total. The van der Waals surface area contributed by atoms with Gasteiger partial charge in [-0.05, 0) is 44.0 Å². The molecule has 0 unspecified atom stereocenters. The third kappa shape index (κ3) is 3.23. The number of imidazole rings is 1. The number of fused-ring (bicyclic) bond motifs is 2. The van der Waals surface area contributed by atoms with Crippen LogP contribution in [0.25, 0.3) is 21.3 Å². The summed E-state index contributed by atoms with van der Waals surface area (Å²) in [5.74, 6) is 0.478. The number of benzene rings is 1. The number of carbonyl (C=O) groups excluding carboxylic acids is 1. The van der Waals surface area contributed by atoms with Crippen LogP contribution in [0, 0.1) is 13.8 Å². The van der Waals surface area contributed by atoms with Gasteiger partial charge < -0.3 is 9.30 Å². The Labute approximate surface area is 170 Å². The second-order valence-corrected chi connectivity index (χ2v) is 7.56. The molecule has 4 aromatic rings. The maximum Gasteiger partial charge on any atom is 0.348 e. The predicted octanol–water partition coefficient (Wildman–Crippen LogP) is 3.02. The summed E-state index contributed by atoms with van der Waals surface area (Å²) < 4.78 is 8.24. The molecule has 0 atom stereocenters. The van der Waals surface area contributed by atoms with E-state index in [2.05, 4.69) is 15.1 Å². The second-order valence-electron chi connectivity index (χ2n) is 6.56. The first-order valence-corrected chi connectivity index (χ1v) is 9.87. The van der Waals surface area contributed by atoms with Gasteiger partial charge in [-0.1, -0.05) is 6.07 Å². The average Bonchev–Trinajstić information content (AvgIpc) is 3.18. The fourth-order valence-corrected chi connectivity index (χ4v) is 4.17. The minimum Gasteiger partial charge on any atom is -0.462 e. The molecule has 3 heterocycles. The zero-order valence-electron chi connectivity index (χ0n) is 16.5. The van der Waals surface area contributed by atoms with Gasteiger partial charge in [-0.25, -0.2) is 14.8 Å². The highest BCUT2D eigenvalue weighted by atomic mass is 32.1. The topological polar surface area (TPSA) is 91.4 Å². The molecule has 0 radical (unpaired) electrons. The first-order chi connectivity index (χ1) is 13.9. The van der Waals surface area contributed by atoms with Crippen molar-refractivity contribution >= 4 is 44.8 Å². The minimum atomic E-state index is -0.443. The highest BCUT2D eigenvalue weighted by molar-refractivity contribution is 7.20. The van der Waals surface area contributed by atoms with Gasteiger partial charge in [0, 0.05) is 7.05 Å². The molecule has 9 heteroatoms. The van der Waals surface area contributed by atoms with Gasteiger partial charge in [0.05, 0.1) is 29.2 Å². The summed E-state index contributed by atoms with van der Waals surface area (Å²) >= 11 is 1.15. The predicted molar refractivity (Wildman–Crippen MR) is 113 cm³/mol. The van der Waals surface area contributed by atoms with Gasteiger partial charge in [0.15, 0.2) is 0 Å². The Balaban J connectivity index is 1.73. The lowest BCUT2D eigenvalue weighted by molar-refractivity contribution is 0.0531. The number of thiophene rings is 1. The maximum absolute atomic E-state index is 12.9. The summed E-state index contributed by atoms with van der Waals surface area (Å²) in [7, 11) is 1.96. The monoisotopic (exact) mass is 409 g/mol. The summed E-state index contributed by atoms with van der Waals surface area (Å²) in [4.78, 5) is 34.6. The van der Waals surface area contributed by atoms with E-state index in [4.69, 9.17) is 4.74 Å². The highest BCUT2D eigenvalue weighted by Crippen LogP contribution is 2.27. The fourth-order valence-electron chi connectivity index (χ4n) is 3.14. The van der Waals surface area contributed by atoms with Crippen LogP contribution in [0.3, 0.4) is 0 Å². The fraction of sp³-hybridized carbons (Fsp3) is 0.250. The molecule has 3 aromatic heterocycles. The quantitative estimate of drug-likeness (QED) is 0.382. The van der Waals surface area contributed by atoms with Crippen molar-refractivity contribution in [3.05, 3.63) is 56.7 Å². The lowest BCUT2D eigenvalue weighted by Crippen LogP contribution is -2.17. The molecule has 1 aromatic carbocycles. The van der Waals surface area contributed by atoms with Gasteiger partial charge in [-0.15, -0.1) is 11.3 Å². The zero-order valence-corrected chi connectivity index (χ0v) is 17.3. The number of esters is 1. The number of carbonyl (C=O) groups is 1. The molecule has 0 aliphatic heterocycles. The molecule has 0 amide bonds. The third-order valence-electron chi connectivity index (χ3n) is 4.76. The maximum atomic E-state index is 12.9. The standard InChI is InChI=1S/C20H19N5O3S/c1-5-28-20(27)17-11(2)16-18(29-17)21-10-25(19(16)26)22-9-13-6-7-15-14(8-13)23-12(3)24(15)4/h6-10H,5H2,1-4H3/b22-9-. The van der Waals surface area contributed by atoms with Crippen molar-refractivity contribution in [2.75, 3.05) is 6.61 Å². The van der Waals surface area contributed by atoms with Gasteiger partial charge in [-0.2, -0.15) is 9.78 Å². The van der Waals surface area contributed by atoms with Crippen LogP contribution in [0.5, 0.6) is 0 Å². The molecule has 0 aliphatic carbocycles. The van der Waals surface area contributed by atoms with Crippen molar-refractivity contribution in [1.82, 2.24) is 19.2 Å². The lowest BCUT2D eigenvalue weighted by Gasteiger charge is -2.00. The molecule has 8 nitrogen and oxygen atoms in total. The Morgan fingerprint density at radius 3 is 2.90 bits per heavy atom. The van der Waals surface area contributed by atoms with Crippen molar-refractivity contribution in [3.63, 3.8) is 0 Å². The molecule has 29 heavy (non-hydrogen) atoms. The van der Waals surface area contributed by atoms with E-state index in [0.717, 1.165) is 33.8 Å². The Hall–Kier alpha value is -3.33. The number of hydrogen-bond acceptors (Lipinski definition) is 7. The first-order valence-electron chi connectivity index (χ1n) is 9.06. The van der Waals surface area contributed by atoms with Crippen molar-refractivity contribution in [2.45, 2.75) is 20.8 Å². The van der Waals surface area contributed by atoms with Gasteiger partial charge in [-0.3, -0.25) is 4.79 Å². The zero-order chi connectivity index (χ0) is 20.7.